The number of nitrogens with one attached hydrogen (secondary N) is 1. The van der Waals surface area contributed by atoms with E-state index in [2.05, 4.69) is 27.3 Å². The summed E-state index contributed by atoms with van der Waals surface area (Å²) in [5.41, 5.74) is 0.922. The van der Waals surface area contributed by atoms with E-state index in [-0.39, 0.29) is 0 Å². The van der Waals surface area contributed by atoms with Crippen LogP contribution in [0.2, 0.25) is 5.15 Å². The maximum Gasteiger partial charge on any atom is 0.255 e. The molecular formula is C13H18ClN5. The van der Waals surface area contributed by atoms with Gasteiger partial charge < -0.3 is 5.32 Å². The Bertz CT molecular complexity index is 594. The van der Waals surface area contributed by atoms with Crippen LogP contribution in [0.5, 0.6) is 0 Å². The lowest BCUT2D eigenvalue weighted by Gasteiger charge is -2.18. The van der Waals surface area contributed by atoms with E-state index in [0.29, 0.717) is 10.9 Å². The molecule has 0 aliphatic heterocycles. The predicted molar refractivity (Wildman–Crippen MR) is 75.5 cm³/mol. The molecule has 1 aliphatic carbocycles. The summed E-state index contributed by atoms with van der Waals surface area (Å²) < 4.78 is 1.72. The van der Waals surface area contributed by atoms with E-state index in [9.17, 15) is 0 Å². The van der Waals surface area contributed by atoms with Crippen molar-refractivity contribution in [3.63, 3.8) is 0 Å². The molecule has 1 saturated carbocycles. The van der Waals surface area contributed by atoms with E-state index in [1.807, 2.05) is 6.92 Å². The smallest absolute Gasteiger partial charge is 0.255 e. The molecule has 0 saturated heterocycles. The molecule has 2 aromatic rings. The van der Waals surface area contributed by atoms with Gasteiger partial charge in [0.25, 0.3) is 5.78 Å². The third-order valence-corrected chi connectivity index (χ3v) is 4.54. The number of hydrogen-bond acceptors (Lipinski definition) is 4. The normalized spacial score (nSPS) is 23.1. The number of rotatable bonds is 3. The van der Waals surface area contributed by atoms with Crippen molar-refractivity contribution in [2.45, 2.75) is 33.1 Å². The summed E-state index contributed by atoms with van der Waals surface area (Å²) in [6.45, 7) is 5.24. The van der Waals surface area contributed by atoms with Crippen molar-refractivity contribution in [2.24, 2.45) is 11.8 Å². The minimum Gasteiger partial charge on any atom is -0.369 e. The third-order valence-electron chi connectivity index (χ3n) is 4.18. The Kier molecular flexibility index (Phi) is 3.31. The van der Waals surface area contributed by atoms with Crippen LogP contribution in [0.1, 0.15) is 31.7 Å². The van der Waals surface area contributed by atoms with Crippen LogP contribution < -0.4 is 5.32 Å². The minimum absolute atomic E-state index is 0.488. The second-order valence-corrected chi connectivity index (χ2v) is 5.76. The molecule has 0 spiro atoms. The molecule has 2 heterocycles. The molecule has 3 rings (SSSR count). The Balaban J connectivity index is 1.87. The SMILES string of the molecule is Cc1c(Cl)nc2ncnn2c1NCC1CCCC1C. The molecule has 2 atom stereocenters. The van der Waals surface area contributed by atoms with Gasteiger partial charge in [0.05, 0.1) is 0 Å². The van der Waals surface area contributed by atoms with Gasteiger partial charge in [-0.15, -0.1) is 0 Å². The molecule has 19 heavy (non-hydrogen) atoms. The Morgan fingerprint density at radius 1 is 1.47 bits per heavy atom. The lowest BCUT2D eigenvalue weighted by atomic mass is 9.98. The van der Waals surface area contributed by atoms with E-state index >= 15 is 0 Å². The average molecular weight is 280 g/mol. The minimum atomic E-state index is 0.488. The first kappa shape index (κ1) is 12.7. The Morgan fingerprint density at radius 3 is 3.05 bits per heavy atom. The highest BCUT2D eigenvalue weighted by molar-refractivity contribution is 6.30. The van der Waals surface area contributed by atoms with Crippen molar-refractivity contribution in [1.29, 1.82) is 0 Å². The standard InChI is InChI=1S/C13H18ClN5/c1-8-4-3-5-10(8)6-15-12-9(2)11(14)18-13-16-7-17-19(12)13/h7-8,10,15H,3-6H2,1-2H3. The zero-order valence-corrected chi connectivity index (χ0v) is 12.0. The first-order chi connectivity index (χ1) is 9.16. The van der Waals surface area contributed by atoms with Crippen molar-refractivity contribution in [3.05, 3.63) is 17.0 Å². The van der Waals surface area contributed by atoms with Gasteiger partial charge in [0, 0.05) is 12.1 Å². The van der Waals surface area contributed by atoms with Crippen molar-refractivity contribution < 1.29 is 0 Å². The number of fused-ring (bicyclic) bond motifs is 1. The monoisotopic (exact) mass is 279 g/mol. The van der Waals surface area contributed by atoms with Gasteiger partial charge in [0.1, 0.15) is 17.3 Å². The van der Waals surface area contributed by atoms with Crippen molar-refractivity contribution in [1.82, 2.24) is 19.6 Å². The molecule has 2 unspecified atom stereocenters. The predicted octanol–water partition coefficient (Wildman–Crippen LogP) is 2.93. The van der Waals surface area contributed by atoms with Crippen LogP contribution in [-0.4, -0.2) is 26.1 Å². The molecule has 2 aromatic heterocycles. The summed E-state index contributed by atoms with van der Waals surface area (Å²) in [7, 11) is 0. The molecule has 0 aromatic carbocycles. The van der Waals surface area contributed by atoms with Crippen LogP contribution in [-0.2, 0) is 0 Å². The number of anilines is 1. The highest BCUT2D eigenvalue weighted by Crippen LogP contribution is 2.31. The van der Waals surface area contributed by atoms with Gasteiger partial charge >= 0.3 is 0 Å². The quantitative estimate of drug-likeness (QED) is 0.878. The highest BCUT2D eigenvalue weighted by atomic mass is 35.5. The lowest BCUT2D eigenvalue weighted by molar-refractivity contribution is 0.439. The van der Waals surface area contributed by atoms with Crippen LogP contribution in [0, 0.1) is 18.8 Å². The molecule has 6 heteroatoms. The maximum atomic E-state index is 6.14. The Morgan fingerprint density at radius 2 is 2.32 bits per heavy atom. The van der Waals surface area contributed by atoms with Gasteiger partial charge in [0.15, 0.2) is 0 Å². The summed E-state index contributed by atoms with van der Waals surface area (Å²) in [6.07, 6.45) is 5.47. The lowest BCUT2D eigenvalue weighted by Crippen LogP contribution is -2.19. The van der Waals surface area contributed by atoms with Gasteiger partial charge in [-0.1, -0.05) is 31.4 Å². The molecule has 1 fully saturated rings. The van der Waals surface area contributed by atoms with Gasteiger partial charge in [0.2, 0.25) is 0 Å². The Labute approximate surface area is 117 Å². The van der Waals surface area contributed by atoms with Gasteiger partial charge in [-0.3, -0.25) is 0 Å². The largest absolute Gasteiger partial charge is 0.369 e. The number of hydrogen-bond donors (Lipinski definition) is 1. The first-order valence-corrected chi connectivity index (χ1v) is 7.14. The van der Waals surface area contributed by atoms with Crippen LogP contribution in [0.25, 0.3) is 5.78 Å². The second kappa shape index (κ2) is 4.96. The summed E-state index contributed by atoms with van der Waals surface area (Å²) >= 11 is 6.14. The third kappa shape index (κ3) is 2.27. The maximum absolute atomic E-state index is 6.14. The molecule has 0 amide bonds. The Hall–Kier alpha value is -1.36. The molecule has 1 N–H and O–H groups in total. The summed E-state index contributed by atoms with van der Waals surface area (Å²) in [6, 6.07) is 0. The van der Waals surface area contributed by atoms with Crippen LogP contribution >= 0.6 is 11.6 Å². The second-order valence-electron chi connectivity index (χ2n) is 5.40. The first-order valence-electron chi connectivity index (χ1n) is 6.76. The van der Waals surface area contributed by atoms with E-state index in [4.69, 9.17) is 11.6 Å². The fourth-order valence-electron chi connectivity index (χ4n) is 2.86. The zero-order chi connectivity index (χ0) is 13.4. The van der Waals surface area contributed by atoms with E-state index in [0.717, 1.165) is 29.8 Å². The summed E-state index contributed by atoms with van der Waals surface area (Å²) in [5, 5.41) is 8.19. The fourth-order valence-corrected chi connectivity index (χ4v) is 3.02. The molecule has 0 radical (unpaired) electrons. The van der Waals surface area contributed by atoms with Crippen LogP contribution in [0.3, 0.4) is 0 Å². The van der Waals surface area contributed by atoms with Crippen molar-refractivity contribution in [2.75, 3.05) is 11.9 Å². The number of halogens is 1. The number of aromatic nitrogens is 4. The summed E-state index contributed by atoms with van der Waals surface area (Å²) in [4.78, 5) is 8.30. The molecule has 102 valence electrons. The average Bonchev–Trinajstić information content (AvgIpc) is 2.99. The highest BCUT2D eigenvalue weighted by Gasteiger charge is 2.23. The summed E-state index contributed by atoms with van der Waals surface area (Å²) in [5.74, 6) is 2.96. The zero-order valence-electron chi connectivity index (χ0n) is 11.2. The topological polar surface area (TPSA) is 55.1 Å². The molecule has 0 bridgehead atoms. The molecule has 1 aliphatic rings. The van der Waals surface area contributed by atoms with Gasteiger partial charge in [-0.25, -0.2) is 0 Å². The molecular weight excluding hydrogens is 262 g/mol. The van der Waals surface area contributed by atoms with E-state index in [1.54, 1.807) is 4.52 Å². The van der Waals surface area contributed by atoms with E-state index in [1.165, 1.54) is 25.6 Å². The van der Waals surface area contributed by atoms with Crippen LogP contribution in [0.15, 0.2) is 6.33 Å². The van der Waals surface area contributed by atoms with Crippen LogP contribution in [0.4, 0.5) is 5.82 Å². The molecule has 5 nitrogen and oxygen atoms in total. The van der Waals surface area contributed by atoms with Gasteiger partial charge in [-0.2, -0.15) is 19.6 Å². The number of nitrogens with zero attached hydrogens (tertiary/aromatic N) is 4. The fraction of sp³-hybridized carbons (Fsp3) is 0.615. The van der Waals surface area contributed by atoms with Gasteiger partial charge in [-0.05, 0) is 25.2 Å². The van der Waals surface area contributed by atoms with Crippen molar-refractivity contribution >= 4 is 23.2 Å². The van der Waals surface area contributed by atoms with Crippen molar-refractivity contribution in [3.8, 4) is 0 Å². The van der Waals surface area contributed by atoms with E-state index < -0.39 is 0 Å².